The van der Waals surface area contributed by atoms with E-state index in [4.69, 9.17) is 9.47 Å². The molecule has 22 heavy (non-hydrogen) atoms. The van der Waals surface area contributed by atoms with E-state index in [9.17, 15) is 14.4 Å². The molecule has 0 amide bonds. The second-order valence-corrected chi connectivity index (χ2v) is 6.77. The molecule has 2 fully saturated rings. The molecule has 3 aliphatic rings. The Hall–Kier alpha value is -1.91. The maximum atomic E-state index is 12.5. The van der Waals surface area contributed by atoms with Crippen LogP contribution in [0, 0.1) is 23.2 Å². The van der Waals surface area contributed by atoms with Crippen LogP contribution < -0.4 is 0 Å². The summed E-state index contributed by atoms with van der Waals surface area (Å²) in [6.45, 7) is 9.04. The number of rotatable bonds is 1. The molecule has 0 aromatic carbocycles. The van der Waals surface area contributed by atoms with E-state index in [2.05, 4.69) is 6.58 Å². The molecule has 5 heteroatoms. The van der Waals surface area contributed by atoms with Gasteiger partial charge < -0.3 is 9.47 Å². The van der Waals surface area contributed by atoms with Crippen molar-refractivity contribution in [2.75, 3.05) is 0 Å². The molecular weight excluding hydrogens is 284 g/mol. The number of ether oxygens (including phenoxy) is 2. The highest BCUT2D eigenvalue weighted by atomic mass is 16.6. The molecule has 1 aliphatic heterocycles. The Morgan fingerprint density at radius 3 is 2.77 bits per heavy atom. The van der Waals surface area contributed by atoms with Gasteiger partial charge in [-0.2, -0.15) is 0 Å². The van der Waals surface area contributed by atoms with Crippen LogP contribution in [-0.2, 0) is 23.9 Å². The number of ketones is 1. The zero-order valence-electron chi connectivity index (χ0n) is 13.0. The highest BCUT2D eigenvalue weighted by Crippen LogP contribution is 2.54. The lowest BCUT2D eigenvalue weighted by molar-refractivity contribution is -0.154. The lowest BCUT2D eigenvalue weighted by Crippen LogP contribution is -2.46. The Labute approximate surface area is 129 Å². The number of fused-ring (bicyclic) bond motifs is 3. The Morgan fingerprint density at radius 1 is 1.45 bits per heavy atom. The van der Waals surface area contributed by atoms with Gasteiger partial charge >= 0.3 is 11.9 Å². The van der Waals surface area contributed by atoms with Crippen LogP contribution in [0.5, 0.6) is 0 Å². The number of hydrogen-bond donors (Lipinski definition) is 0. The van der Waals surface area contributed by atoms with E-state index in [1.165, 1.54) is 6.92 Å². The summed E-state index contributed by atoms with van der Waals surface area (Å²) in [6.07, 6.45) is 2.94. The van der Waals surface area contributed by atoms with E-state index in [1.54, 1.807) is 6.08 Å². The van der Waals surface area contributed by atoms with Crippen LogP contribution >= 0.6 is 0 Å². The summed E-state index contributed by atoms with van der Waals surface area (Å²) in [5.41, 5.74) is -0.515. The first-order chi connectivity index (χ1) is 10.3. The number of esters is 2. The first-order valence-corrected chi connectivity index (χ1v) is 7.56. The Morgan fingerprint density at radius 2 is 2.14 bits per heavy atom. The molecule has 5 nitrogen and oxygen atoms in total. The third-order valence-electron chi connectivity index (χ3n) is 5.43. The Bertz CT molecular complexity index is 604. The molecule has 1 heterocycles. The number of allylic oxidation sites excluding steroid dienone is 2. The highest BCUT2D eigenvalue weighted by molar-refractivity contribution is 6.00. The monoisotopic (exact) mass is 304 g/mol. The minimum Gasteiger partial charge on any atom is -0.462 e. The standard InChI is InChI=1S/C17H20O5/c1-8-7-12(21-10(3)18)14-9(2)16(20)22-15(14)17(4)11(8)5-6-13(17)19/h5-6,8,11-12,14-15H,2,7H2,1,3-4H3/t8-,11-,12-,14+,15+,17-/m0/s1. The minimum atomic E-state index is -0.811. The lowest BCUT2D eigenvalue weighted by atomic mass is 9.68. The second-order valence-electron chi connectivity index (χ2n) is 6.77. The fraction of sp³-hybridized carbons (Fsp3) is 0.588. The van der Waals surface area contributed by atoms with Crippen LogP contribution in [0.4, 0.5) is 0 Å². The largest absolute Gasteiger partial charge is 0.462 e. The average molecular weight is 304 g/mol. The summed E-state index contributed by atoms with van der Waals surface area (Å²) in [7, 11) is 0. The van der Waals surface area contributed by atoms with Crippen molar-refractivity contribution in [3.8, 4) is 0 Å². The number of carbonyl (C=O) groups is 3. The molecule has 0 spiro atoms. The van der Waals surface area contributed by atoms with Gasteiger partial charge in [-0.15, -0.1) is 0 Å². The molecule has 0 aromatic heterocycles. The maximum absolute atomic E-state index is 12.5. The van der Waals surface area contributed by atoms with Gasteiger partial charge in [0, 0.05) is 12.5 Å². The molecule has 6 atom stereocenters. The molecule has 0 aromatic rings. The van der Waals surface area contributed by atoms with Crippen molar-refractivity contribution in [3.63, 3.8) is 0 Å². The van der Waals surface area contributed by atoms with E-state index in [-0.39, 0.29) is 17.6 Å². The van der Waals surface area contributed by atoms with E-state index >= 15 is 0 Å². The quantitative estimate of drug-likeness (QED) is 0.546. The van der Waals surface area contributed by atoms with Crippen LogP contribution in [0.25, 0.3) is 0 Å². The molecule has 0 bridgehead atoms. The molecule has 0 N–H and O–H groups in total. The summed E-state index contributed by atoms with van der Waals surface area (Å²) in [5, 5.41) is 0. The molecule has 2 aliphatic carbocycles. The summed E-state index contributed by atoms with van der Waals surface area (Å²) >= 11 is 0. The molecule has 3 rings (SSSR count). The van der Waals surface area contributed by atoms with Crippen molar-refractivity contribution < 1.29 is 23.9 Å². The van der Waals surface area contributed by atoms with E-state index in [1.807, 2.05) is 19.9 Å². The van der Waals surface area contributed by atoms with Gasteiger partial charge in [0.1, 0.15) is 12.2 Å². The van der Waals surface area contributed by atoms with Gasteiger partial charge in [0.25, 0.3) is 0 Å². The van der Waals surface area contributed by atoms with Gasteiger partial charge in [0.15, 0.2) is 5.78 Å². The molecule has 0 unspecified atom stereocenters. The fourth-order valence-electron chi connectivity index (χ4n) is 4.34. The Kier molecular flexibility index (Phi) is 3.27. The maximum Gasteiger partial charge on any atom is 0.334 e. The van der Waals surface area contributed by atoms with Gasteiger partial charge in [0.05, 0.1) is 11.3 Å². The topological polar surface area (TPSA) is 69.7 Å². The Balaban J connectivity index is 2.09. The second kappa shape index (κ2) is 4.80. The van der Waals surface area contributed by atoms with Crippen LogP contribution in [0.3, 0.4) is 0 Å². The molecule has 118 valence electrons. The first-order valence-electron chi connectivity index (χ1n) is 7.56. The molecule has 0 radical (unpaired) electrons. The molecular formula is C17H20O5. The van der Waals surface area contributed by atoms with Gasteiger partial charge in [-0.25, -0.2) is 4.79 Å². The van der Waals surface area contributed by atoms with Gasteiger partial charge in [-0.3, -0.25) is 9.59 Å². The van der Waals surface area contributed by atoms with Gasteiger partial charge in [-0.05, 0) is 31.3 Å². The van der Waals surface area contributed by atoms with E-state index in [0.29, 0.717) is 12.0 Å². The third-order valence-corrected chi connectivity index (χ3v) is 5.43. The lowest BCUT2D eigenvalue weighted by Gasteiger charge is -2.36. The molecule has 1 saturated heterocycles. The highest BCUT2D eigenvalue weighted by Gasteiger charge is 2.62. The van der Waals surface area contributed by atoms with E-state index < -0.39 is 35.5 Å². The van der Waals surface area contributed by atoms with Crippen molar-refractivity contribution >= 4 is 17.7 Å². The third kappa shape index (κ3) is 1.87. The van der Waals surface area contributed by atoms with Gasteiger partial charge in [-0.1, -0.05) is 19.6 Å². The normalized spacial score (nSPS) is 43.4. The molecule has 1 saturated carbocycles. The first kappa shape index (κ1) is 15.0. The van der Waals surface area contributed by atoms with Crippen LogP contribution in [0.2, 0.25) is 0 Å². The zero-order chi connectivity index (χ0) is 16.2. The number of carbonyl (C=O) groups excluding carboxylic acids is 3. The smallest absolute Gasteiger partial charge is 0.334 e. The zero-order valence-corrected chi connectivity index (χ0v) is 13.0. The fourth-order valence-corrected chi connectivity index (χ4v) is 4.34. The van der Waals surface area contributed by atoms with Crippen LogP contribution in [0.15, 0.2) is 24.3 Å². The van der Waals surface area contributed by atoms with Crippen molar-refractivity contribution in [1.82, 2.24) is 0 Å². The predicted octanol–water partition coefficient (Wildman–Crippen LogP) is 1.82. The summed E-state index contributed by atoms with van der Waals surface area (Å²) in [5.74, 6) is -1.30. The van der Waals surface area contributed by atoms with Gasteiger partial charge in [0.2, 0.25) is 0 Å². The predicted molar refractivity (Wildman–Crippen MR) is 77.6 cm³/mol. The summed E-state index contributed by atoms with van der Waals surface area (Å²) in [4.78, 5) is 35.9. The summed E-state index contributed by atoms with van der Waals surface area (Å²) < 4.78 is 11.0. The van der Waals surface area contributed by atoms with Crippen molar-refractivity contribution in [3.05, 3.63) is 24.3 Å². The van der Waals surface area contributed by atoms with E-state index in [0.717, 1.165) is 0 Å². The van der Waals surface area contributed by atoms with Crippen LogP contribution in [-0.4, -0.2) is 29.9 Å². The average Bonchev–Trinajstić information content (AvgIpc) is 2.86. The van der Waals surface area contributed by atoms with Crippen LogP contribution in [0.1, 0.15) is 27.2 Å². The SMILES string of the molecule is C=C1C(=O)O[C@@H]2[C@H]1[C@@H](OC(C)=O)C[C@H](C)[C@@H]1C=CC(=O)[C@@]21C. The van der Waals surface area contributed by atoms with Crippen molar-refractivity contribution in [1.29, 1.82) is 0 Å². The van der Waals surface area contributed by atoms with Crippen molar-refractivity contribution in [2.45, 2.75) is 39.4 Å². The number of hydrogen-bond acceptors (Lipinski definition) is 5. The summed E-state index contributed by atoms with van der Waals surface area (Å²) in [6, 6.07) is 0. The van der Waals surface area contributed by atoms with Crippen molar-refractivity contribution in [2.24, 2.45) is 23.2 Å². The minimum absolute atomic E-state index is 0.0354.